The molecule has 12 aromatic rings. The van der Waals surface area contributed by atoms with Crippen LogP contribution < -0.4 is 0 Å². The van der Waals surface area contributed by atoms with Crippen molar-refractivity contribution in [2.45, 2.75) is 6.92 Å². The second-order valence-electron chi connectivity index (χ2n) is 16.0. The molecule has 12 rings (SSSR count). The molecule has 0 radical (unpaired) electrons. The zero-order valence-corrected chi connectivity index (χ0v) is 33.7. The minimum absolute atomic E-state index is 0.807. The van der Waals surface area contributed by atoms with E-state index >= 15 is 0 Å². The Labute approximate surface area is 353 Å². The van der Waals surface area contributed by atoms with Crippen molar-refractivity contribution in [2.75, 3.05) is 0 Å². The van der Waals surface area contributed by atoms with Crippen molar-refractivity contribution in [3.63, 3.8) is 0 Å². The molecule has 0 N–H and O–H groups in total. The molecule has 0 spiro atoms. The molecular weight excluding hydrogens is 737 g/mol. The SMILES string of the molecule is C=Nc1c(/C=C\C)ccc2ccc(-c3ccc(-c4c5ccccc5c(-c5cc6ccc7cccc8c9ccccc9c9ccccc9c(c5)c6c78)c5ccccc45)cc3)nc12. The predicted octanol–water partition coefficient (Wildman–Crippen LogP) is 16.7. The third kappa shape index (κ3) is 5.36. The molecule has 0 bridgehead atoms. The Balaban J connectivity index is 1.10. The first kappa shape index (κ1) is 35.0. The molecule has 2 heteroatoms. The predicted molar refractivity (Wildman–Crippen MR) is 265 cm³/mol. The van der Waals surface area contributed by atoms with Crippen molar-refractivity contribution in [3.05, 3.63) is 200 Å². The first-order valence-corrected chi connectivity index (χ1v) is 20.9. The van der Waals surface area contributed by atoms with Crippen molar-refractivity contribution in [3.8, 4) is 33.5 Å². The normalized spacial score (nSPS) is 12.0. The molecule has 284 valence electrons. The molecule has 11 aromatic carbocycles. The molecule has 0 saturated heterocycles. The fourth-order valence-corrected chi connectivity index (χ4v) is 10.1. The first-order chi connectivity index (χ1) is 30.2. The number of pyridine rings is 1. The van der Waals surface area contributed by atoms with Crippen molar-refractivity contribution < 1.29 is 0 Å². The standard InChI is InChI=1S/C59H38N2/c1-3-13-39-29-30-40-32-33-53(61-59(40)58(39)60-2)36-24-26-38(27-25-36)54-48-19-8-10-21-50(48)55(51-22-11-9-20-49(51)54)42-34-41-31-28-37-14-12-23-47-45-17-6-4-15-43(45)44-16-5-7-18-46(44)52(35-42)57(41)56(37)47/h3-35H,2H2,1H3/b13-3-,44-43?,47-45?,52-46?. The van der Waals surface area contributed by atoms with Crippen LogP contribution in [0.15, 0.2) is 199 Å². The molecule has 0 aliphatic carbocycles. The highest BCUT2D eigenvalue weighted by molar-refractivity contribution is 6.34. The summed E-state index contributed by atoms with van der Waals surface area (Å²) < 4.78 is 0. The maximum atomic E-state index is 5.13. The zero-order valence-electron chi connectivity index (χ0n) is 33.7. The summed E-state index contributed by atoms with van der Waals surface area (Å²) in [5.41, 5.74) is 9.50. The highest BCUT2D eigenvalue weighted by Crippen LogP contribution is 2.47. The van der Waals surface area contributed by atoms with Gasteiger partial charge in [0.05, 0.1) is 16.9 Å². The Morgan fingerprint density at radius 2 is 0.902 bits per heavy atom. The molecule has 0 unspecified atom stereocenters. The Hall–Kier alpha value is -7.94. The molecule has 61 heavy (non-hydrogen) atoms. The molecule has 0 atom stereocenters. The van der Waals surface area contributed by atoms with Crippen LogP contribution >= 0.6 is 0 Å². The summed E-state index contributed by atoms with van der Waals surface area (Å²) in [7, 11) is 0. The number of rotatable bonds is 5. The minimum atomic E-state index is 0.807. The maximum absolute atomic E-state index is 5.13. The van der Waals surface area contributed by atoms with Crippen molar-refractivity contribution in [1.82, 2.24) is 4.98 Å². The van der Waals surface area contributed by atoms with E-state index in [9.17, 15) is 0 Å². The van der Waals surface area contributed by atoms with Crippen LogP contribution in [-0.4, -0.2) is 11.7 Å². The van der Waals surface area contributed by atoms with Gasteiger partial charge < -0.3 is 0 Å². The van der Waals surface area contributed by atoms with E-state index in [0.29, 0.717) is 0 Å². The van der Waals surface area contributed by atoms with Crippen LogP contribution in [0.2, 0.25) is 0 Å². The monoisotopic (exact) mass is 774 g/mol. The quantitative estimate of drug-likeness (QED) is 0.0971. The Morgan fingerprint density at radius 1 is 0.410 bits per heavy atom. The summed E-state index contributed by atoms with van der Waals surface area (Å²) in [5.74, 6) is 0. The largest absolute Gasteiger partial charge is 0.262 e. The third-order valence-electron chi connectivity index (χ3n) is 12.7. The second-order valence-corrected chi connectivity index (χ2v) is 16.0. The molecule has 1 aromatic heterocycles. The number of fused-ring (bicyclic) bond motifs is 8. The fraction of sp³-hybridized carbons (Fsp3) is 0.0169. The Bertz CT molecular complexity index is 3780. The average molecular weight is 775 g/mol. The van der Waals surface area contributed by atoms with Crippen LogP contribution in [0, 0.1) is 0 Å². The Kier molecular flexibility index (Phi) is 7.95. The number of benzene rings is 10. The number of aliphatic imine (C=N–C) groups is 1. The number of aromatic nitrogens is 1. The topological polar surface area (TPSA) is 25.2 Å². The van der Waals surface area contributed by atoms with Crippen LogP contribution in [0.5, 0.6) is 0 Å². The van der Waals surface area contributed by atoms with Gasteiger partial charge >= 0.3 is 0 Å². The molecule has 1 heterocycles. The minimum Gasteiger partial charge on any atom is -0.262 e. The van der Waals surface area contributed by atoms with Crippen molar-refractivity contribution in [2.24, 2.45) is 4.99 Å². The first-order valence-electron chi connectivity index (χ1n) is 20.9. The lowest BCUT2D eigenvalue weighted by Crippen LogP contribution is -1.92. The lowest BCUT2D eigenvalue weighted by Gasteiger charge is -2.19. The highest BCUT2D eigenvalue weighted by atomic mass is 14.8. The van der Waals surface area contributed by atoms with E-state index in [-0.39, 0.29) is 0 Å². The van der Waals surface area contributed by atoms with Gasteiger partial charge in [-0.05, 0) is 130 Å². The summed E-state index contributed by atoms with van der Waals surface area (Å²) >= 11 is 0. The molecule has 0 amide bonds. The van der Waals surface area contributed by atoms with E-state index in [2.05, 4.69) is 206 Å². The van der Waals surface area contributed by atoms with E-state index in [1.807, 2.05) is 13.0 Å². The van der Waals surface area contributed by atoms with Gasteiger partial charge in [-0.1, -0.05) is 182 Å². The van der Waals surface area contributed by atoms with Gasteiger partial charge in [0.2, 0.25) is 0 Å². The van der Waals surface area contributed by atoms with Gasteiger partial charge in [0.15, 0.2) is 0 Å². The van der Waals surface area contributed by atoms with E-state index in [1.54, 1.807) is 0 Å². The van der Waals surface area contributed by atoms with Gasteiger partial charge in [0.1, 0.15) is 0 Å². The zero-order chi connectivity index (χ0) is 40.6. The van der Waals surface area contributed by atoms with Crippen LogP contribution in [0.1, 0.15) is 12.5 Å². The van der Waals surface area contributed by atoms with E-state index in [0.717, 1.165) is 33.4 Å². The molecule has 0 aliphatic rings. The van der Waals surface area contributed by atoms with Gasteiger partial charge in [-0.15, -0.1) is 0 Å². The van der Waals surface area contributed by atoms with E-state index in [1.165, 1.54) is 97.7 Å². The number of hydrogen-bond donors (Lipinski definition) is 0. The number of allylic oxidation sites excluding steroid dienone is 1. The Morgan fingerprint density at radius 3 is 1.52 bits per heavy atom. The molecule has 0 saturated carbocycles. The lowest BCUT2D eigenvalue weighted by atomic mass is 9.84. The maximum Gasteiger partial charge on any atom is 0.0971 e. The third-order valence-corrected chi connectivity index (χ3v) is 12.7. The van der Waals surface area contributed by atoms with E-state index in [4.69, 9.17) is 4.98 Å². The van der Waals surface area contributed by atoms with Gasteiger partial charge in [0, 0.05) is 16.5 Å². The molecule has 0 aliphatic heterocycles. The molecule has 2 nitrogen and oxygen atoms in total. The van der Waals surface area contributed by atoms with Crippen LogP contribution in [0.25, 0.3) is 126 Å². The molecular formula is C59H38N2. The second kappa shape index (κ2) is 13.8. The lowest BCUT2D eigenvalue weighted by molar-refractivity contribution is 1.38. The van der Waals surface area contributed by atoms with E-state index < -0.39 is 0 Å². The van der Waals surface area contributed by atoms with Gasteiger partial charge in [-0.25, -0.2) is 4.98 Å². The van der Waals surface area contributed by atoms with Crippen LogP contribution in [0.3, 0.4) is 0 Å². The summed E-state index contributed by atoms with van der Waals surface area (Å²) in [6.07, 6.45) is 4.08. The van der Waals surface area contributed by atoms with Gasteiger partial charge in [0.25, 0.3) is 0 Å². The van der Waals surface area contributed by atoms with Crippen molar-refractivity contribution in [1.29, 1.82) is 0 Å². The summed E-state index contributed by atoms with van der Waals surface area (Å²) in [6.45, 7) is 5.89. The van der Waals surface area contributed by atoms with Gasteiger partial charge in [-0.3, -0.25) is 4.99 Å². The van der Waals surface area contributed by atoms with Crippen LogP contribution in [0.4, 0.5) is 5.69 Å². The number of nitrogens with zero attached hydrogens (tertiary/aromatic N) is 2. The number of hydrogen-bond acceptors (Lipinski definition) is 2. The summed E-state index contributed by atoms with van der Waals surface area (Å²) in [4.78, 5) is 9.53. The summed E-state index contributed by atoms with van der Waals surface area (Å²) in [5, 5.41) is 18.7. The smallest absolute Gasteiger partial charge is 0.0971 e. The summed E-state index contributed by atoms with van der Waals surface area (Å²) in [6, 6.07) is 69.3. The van der Waals surface area contributed by atoms with Crippen molar-refractivity contribution >= 4 is 105 Å². The highest BCUT2D eigenvalue weighted by Gasteiger charge is 2.20. The van der Waals surface area contributed by atoms with Gasteiger partial charge in [-0.2, -0.15) is 0 Å². The fourth-order valence-electron chi connectivity index (χ4n) is 10.1. The average Bonchev–Trinajstić information content (AvgIpc) is 3.32. The molecule has 0 fully saturated rings. The van der Waals surface area contributed by atoms with Crippen LogP contribution in [-0.2, 0) is 0 Å².